The third-order valence-corrected chi connectivity index (χ3v) is 9.83. The molecule has 0 heterocycles. The number of phenols is 1. The number of hydrogen-bond acceptors (Lipinski definition) is 4. The van der Waals surface area contributed by atoms with E-state index in [0.717, 1.165) is 42.4 Å². The van der Waals surface area contributed by atoms with Crippen LogP contribution in [0, 0.1) is 22.7 Å². The van der Waals surface area contributed by atoms with Gasteiger partial charge in [0, 0.05) is 17.5 Å². The minimum Gasteiger partial charge on any atom is -0.507 e. The van der Waals surface area contributed by atoms with Gasteiger partial charge in [-0.1, -0.05) is 112 Å². The fourth-order valence-corrected chi connectivity index (χ4v) is 7.92. The number of aliphatic hydroxyl groups is 1. The van der Waals surface area contributed by atoms with E-state index in [1.807, 2.05) is 60.7 Å². The second-order valence-corrected chi connectivity index (χ2v) is 12.9. The van der Waals surface area contributed by atoms with Crippen molar-refractivity contribution in [1.29, 1.82) is 0 Å². The molecule has 5 heteroatoms. The zero-order valence-electron chi connectivity index (χ0n) is 23.8. The van der Waals surface area contributed by atoms with Crippen LogP contribution in [0.15, 0.2) is 78.9 Å². The van der Waals surface area contributed by atoms with Gasteiger partial charge >= 0.3 is 0 Å². The second-order valence-electron chi connectivity index (χ2n) is 12.5. The summed E-state index contributed by atoms with van der Waals surface area (Å²) in [5.41, 5.74) is 3.29. The molecule has 3 aromatic carbocycles. The van der Waals surface area contributed by atoms with Crippen LogP contribution in [0.4, 0.5) is 0 Å². The van der Waals surface area contributed by atoms with Crippen molar-refractivity contribution in [3.05, 3.63) is 101 Å². The zero-order valence-corrected chi connectivity index (χ0v) is 24.6. The van der Waals surface area contributed by atoms with Gasteiger partial charge in [-0.2, -0.15) is 0 Å². The van der Waals surface area contributed by atoms with Crippen molar-refractivity contribution < 1.29 is 19.7 Å². The summed E-state index contributed by atoms with van der Waals surface area (Å²) >= 11 is 7.05. The number of aromatic hydroxyl groups is 1. The first-order chi connectivity index (χ1) is 19.1. The molecule has 2 aliphatic rings. The van der Waals surface area contributed by atoms with Gasteiger partial charge in [-0.15, -0.1) is 0 Å². The number of ether oxygens (including phenoxy) is 2. The molecule has 5 rings (SSSR count). The number of benzene rings is 3. The van der Waals surface area contributed by atoms with Crippen LogP contribution in [-0.2, 0) is 13.2 Å². The normalized spacial score (nSPS) is 24.7. The minimum absolute atomic E-state index is 0.0961. The van der Waals surface area contributed by atoms with E-state index in [2.05, 4.69) is 27.4 Å². The van der Waals surface area contributed by atoms with Crippen molar-refractivity contribution in [2.75, 3.05) is 0 Å². The number of rotatable bonds is 8. The van der Waals surface area contributed by atoms with E-state index in [-0.39, 0.29) is 46.3 Å². The largest absolute Gasteiger partial charge is 0.507 e. The fourth-order valence-electron chi connectivity index (χ4n) is 7.56. The molecule has 0 spiro atoms. The van der Waals surface area contributed by atoms with E-state index in [0.29, 0.717) is 17.4 Å². The SMILES string of the molecule is C=C1CC[C@H]2C(C)(C)CCC[C@]2(C)[C@H]1C(O)c1c(O)cc(OCc2ccccc2)c(OCc2ccccc2)c1Cl. The minimum atomic E-state index is -1.02. The Labute approximate surface area is 243 Å². The number of fused-ring (bicyclic) bond motifs is 1. The quantitative estimate of drug-likeness (QED) is 0.270. The fraction of sp³-hybridized carbons (Fsp3) is 0.429. The first kappa shape index (κ1) is 28.6. The highest BCUT2D eigenvalue weighted by atomic mass is 35.5. The Morgan fingerprint density at radius 1 is 0.950 bits per heavy atom. The van der Waals surface area contributed by atoms with Crippen LogP contribution in [0.1, 0.15) is 75.7 Å². The highest BCUT2D eigenvalue weighted by Crippen LogP contribution is 2.64. The maximum Gasteiger partial charge on any atom is 0.180 e. The van der Waals surface area contributed by atoms with Crippen LogP contribution in [0.3, 0.4) is 0 Å². The van der Waals surface area contributed by atoms with Gasteiger partial charge in [0.2, 0.25) is 0 Å². The van der Waals surface area contributed by atoms with Gasteiger partial charge in [0.25, 0.3) is 0 Å². The Balaban J connectivity index is 1.53. The molecule has 40 heavy (non-hydrogen) atoms. The Bertz CT molecular complexity index is 1340. The standard InChI is InChI=1S/C35H41ClO4/c1-23-16-17-28-34(2,3)18-11-19-35(28,4)30(23)32(38)29-26(37)20-27(39-21-24-12-7-5-8-13-24)33(31(29)36)40-22-25-14-9-6-10-15-25/h5-10,12-15,20,28,30,32,37-38H,1,11,16-19,21-22H2,2-4H3/t28-,30+,32?,35-/m0/s1. The second kappa shape index (κ2) is 11.5. The predicted octanol–water partition coefficient (Wildman–Crippen LogP) is 9.04. The highest BCUT2D eigenvalue weighted by Gasteiger charge is 2.55. The summed E-state index contributed by atoms with van der Waals surface area (Å²) in [6.45, 7) is 12.0. The van der Waals surface area contributed by atoms with Crippen LogP contribution >= 0.6 is 11.6 Å². The number of aliphatic hydroxyl groups excluding tert-OH is 1. The summed E-state index contributed by atoms with van der Waals surface area (Å²) in [5.74, 6) is 0.777. The van der Waals surface area contributed by atoms with Crippen LogP contribution in [0.25, 0.3) is 0 Å². The molecule has 3 aromatic rings. The van der Waals surface area contributed by atoms with Crippen LogP contribution in [0.2, 0.25) is 5.02 Å². The maximum atomic E-state index is 12.1. The van der Waals surface area contributed by atoms with Crippen molar-refractivity contribution in [3.8, 4) is 17.2 Å². The molecule has 0 radical (unpaired) electrons. The van der Waals surface area contributed by atoms with Gasteiger partial charge in [0.05, 0.1) is 11.1 Å². The first-order valence-corrected chi connectivity index (χ1v) is 14.7. The van der Waals surface area contributed by atoms with E-state index in [1.165, 1.54) is 12.5 Å². The molecule has 0 bridgehead atoms. The average Bonchev–Trinajstić information content (AvgIpc) is 2.91. The van der Waals surface area contributed by atoms with E-state index in [1.54, 1.807) is 0 Å². The van der Waals surface area contributed by atoms with E-state index >= 15 is 0 Å². The number of phenolic OH excluding ortho intramolecular Hbond substituents is 1. The summed E-state index contributed by atoms with van der Waals surface area (Å²) in [7, 11) is 0. The molecule has 2 aliphatic carbocycles. The predicted molar refractivity (Wildman–Crippen MR) is 161 cm³/mol. The molecule has 2 saturated carbocycles. The van der Waals surface area contributed by atoms with Crippen molar-refractivity contribution >= 4 is 11.6 Å². The lowest BCUT2D eigenvalue weighted by molar-refractivity contribution is -0.0895. The van der Waals surface area contributed by atoms with Gasteiger partial charge in [-0.05, 0) is 53.6 Å². The Kier molecular flexibility index (Phi) is 8.22. The molecule has 4 atom stereocenters. The van der Waals surface area contributed by atoms with Crippen molar-refractivity contribution in [2.24, 2.45) is 22.7 Å². The van der Waals surface area contributed by atoms with E-state index < -0.39 is 6.10 Å². The van der Waals surface area contributed by atoms with Gasteiger partial charge < -0.3 is 19.7 Å². The summed E-state index contributed by atoms with van der Waals surface area (Å²) < 4.78 is 12.4. The molecule has 4 nitrogen and oxygen atoms in total. The summed E-state index contributed by atoms with van der Waals surface area (Å²) in [6, 6.07) is 21.2. The highest BCUT2D eigenvalue weighted by molar-refractivity contribution is 6.33. The lowest BCUT2D eigenvalue weighted by Crippen LogP contribution is -2.51. The van der Waals surface area contributed by atoms with E-state index in [4.69, 9.17) is 21.1 Å². The molecule has 0 aromatic heterocycles. The maximum absolute atomic E-state index is 12.1. The molecule has 2 fully saturated rings. The first-order valence-electron chi connectivity index (χ1n) is 14.4. The molecular weight excluding hydrogens is 520 g/mol. The van der Waals surface area contributed by atoms with E-state index in [9.17, 15) is 10.2 Å². The Morgan fingerprint density at radius 3 is 2.17 bits per heavy atom. The monoisotopic (exact) mass is 560 g/mol. The molecule has 1 unspecified atom stereocenters. The summed E-state index contributed by atoms with van der Waals surface area (Å²) in [6.07, 6.45) is 4.20. The molecular formula is C35H41ClO4. The third kappa shape index (κ3) is 5.49. The summed E-state index contributed by atoms with van der Waals surface area (Å²) in [5, 5.41) is 23.6. The van der Waals surface area contributed by atoms with Gasteiger partial charge in [0.15, 0.2) is 11.5 Å². The van der Waals surface area contributed by atoms with Gasteiger partial charge in [-0.3, -0.25) is 0 Å². The smallest absolute Gasteiger partial charge is 0.180 e. The topological polar surface area (TPSA) is 58.9 Å². The number of hydrogen-bond donors (Lipinski definition) is 2. The van der Waals surface area contributed by atoms with Gasteiger partial charge in [-0.25, -0.2) is 0 Å². The van der Waals surface area contributed by atoms with Crippen molar-refractivity contribution in [2.45, 2.75) is 72.2 Å². The molecule has 0 amide bonds. The lowest BCUT2D eigenvalue weighted by Gasteiger charge is -2.58. The molecule has 2 N–H and O–H groups in total. The van der Waals surface area contributed by atoms with Crippen molar-refractivity contribution in [3.63, 3.8) is 0 Å². The van der Waals surface area contributed by atoms with Crippen LogP contribution in [-0.4, -0.2) is 10.2 Å². The third-order valence-electron chi connectivity index (χ3n) is 9.46. The van der Waals surface area contributed by atoms with Gasteiger partial charge in [0.1, 0.15) is 19.0 Å². The van der Waals surface area contributed by atoms with Crippen LogP contribution in [0.5, 0.6) is 17.2 Å². The Hall–Kier alpha value is -2.95. The molecule has 212 valence electrons. The molecule has 0 aliphatic heterocycles. The summed E-state index contributed by atoms with van der Waals surface area (Å²) in [4.78, 5) is 0. The zero-order chi connectivity index (χ0) is 28.5. The van der Waals surface area contributed by atoms with Crippen LogP contribution < -0.4 is 9.47 Å². The lowest BCUT2D eigenvalue weighted by atomic mass is 9.46. The Morgan fingerprint density at radius 2 is 1.55 bits per heavy atom. The molecule has 0 saturated heterocycles. The number of halogens is 1. The van der Waals surface area contributed by atoms with Crippen molar-refractivity contribution in [1.82, 2.24) is 0 Å². The average molecular weight is 561 g/mol.